The van der Waals surface area contributed by atoms with Gasteiger partial charge >= 0.3 is 6.18 Å². The first-order valence-corrected chi connectivity index (χ1v) is 4.02. The van der Waals surface area contributed by atoms with E-state index in [2.05, 4.69) is 0 Å². The van der Waals surface area contributed by atoms with Crippen molar-refractivity contribution in [3.05, 3.63) is 0 Å². The zero-order valence-electron chi connectivity index (χ0n) is 7.06. The Balaban J connectivity index is 2.42. The molecule has 0 atom stereocenters. The Morgan fingerprint density at radius 3 is 2.31 bits per heavy atom. The van der Waals surface area contributed by atoms with Crippen LogP contribution in [-0.4, -0.2) is 36.0 Å². The number of amidine groups is 1. The molecular weight excluding hydrogens is 183 g/mol. The van der Waals surface area contributed by atoms with Gasteiger partial charge in [-0.3, -0.25) is 10.3 Å². The molecule has 1 fully saturated rings. The average molecular weight is 195 g/mol. The van der Waals surface area contributed by atoms with Crippen LogP contribution in [-0.2, 0) is 0 Å². The van der Waals surface area contributed by atoms with E-state index in [-0.39, 0.29) is 18.4 Å². The summed E-state index contributed by atoms with van der Waals surface area (Å²) >= 11 is 0. The summed E-state index contributed by atoms with van der Waals surface area (Å²) < 4.78 is 36.0. The highest BCUT2D eigenvalue weighted by Crippen LogP contribution is 2.29. The molecule has 1 rings (SSSR count). The van der Waals surface area contributed by atoms with E-state index in [9.17, 15) is 13.2 Å². The summed E-state index contributed by atoms with van der Waals surface area (Å²) in [5.74, 6) is -0.212. The van der Waals surface area contributed by atoms with Gasteiger partial charge in [-0.05, 0) is 12.8 Å². The van der Waals surface area contributed by atoms with Crippen LogP contribution in [0.2, 0.25) is 0 Å². The second-order valence-electron chi connectivity index (χ2n) is 3.28. The van der Waals surface area contributed by atoms with E-state index < -0.39 is 12.7 Å². The molecule has 0 unspecified atom stereocenters. The third-order valence-electron chi connectivity index (χ3n) is 1.82. The molecule has 3 nitrogen and oxygen atoms in total. The number of nitrogens with zero attached hydrogens (tertiary/aromatic N) is 1. The van der Waals surface area contributed by atoms with Crippen molar-refractivity contribution in [3.8, 4) is 0 Å². The summed E-state index contributed by atoms with van der Waals surface area (Å²) in [4.78, 5) is 1.21. The Morgan fingerprint density at radius 2 is 2.00 bits per heavy atom. The Bertz CT molecular complexity index is 198. The summed E-state index contributed by atoms with van der Waals surface area (Å²) in [7, 11) is 0. The van der Waals surface area contributed by atoms with Gasteiger partial charge in [0.05, 0.1) is 13.1 Å². The molecule has 0 aliphatic heterocycles. The van der Waals surface area contributed by atoms with Crippen LogP contribution in [0.5, 0.6) is 0 Å². The lowest BCUT2D eigenvalue weighted by molar-refractivity contribution is -0.145. The molecule has 1 aliphatic rings. The van der Waals surface area contributed by atoms with E-state index in [0.29, 0.717) is 0 Å². The third kappa shape index (κ3) is 4.12. The normalized spacial score (nSPS) is 17.8. The van der Waals surface area contributed by atoms with Gasteiger partial charge in [-0.25, -0.2) is 0 Å². The largest absolute Gasteiger partial charge is 0.401 e. The highest BCUT2D eigenvalue weighted by molar-refractivity contribution is 5.79. The predicted molar refractivity (Wildman–Crippen MR) is 42.6 cm³/mol. The van der Waals surface area contributed by atoms with Crippen LogP contribution >= 0.6 is 0 Å². The van der Waals surface area contributed by atoms with Gasteiger partial charge in [-0.15, -0.1) is 0 Å². The average Bonchev–Trinajstić information content (AvgIpc) is 2.60. The Morgan fingerprint density at radius 1 is 1.46 bits per heavy atom. The molecule has 0 spiro atoms. The Labute approximate surface area is 74.2 Å². The number of nitrogens with two attached hydrogens (primary N) is 1. The van der Waals surface area contributed by atoms with E-state index >= 15 is 0 Å². The molecule has 76 valence electrons. The van der Waals surface area contributed by atoms with Crippen LogP contribution in [0.3, 0.4) is 0 Å². The monoisotopic (exact) mass is 195 g/mol. The minimum atomic E-state index is -4.20. The van der Waals surface area contributed by atoms with Crippen molar-refractivity contribution < 1.29 is 13.2 Å². The molecule has 0 amide bonds. The van der Waals surface area contributed by atoms with Crippen molar-refractivity contribution in [2.45, 2.75) is 25.1 Å². The van der Waals surface area contributed by atoms with E-state index in [0.717, 1.165) is 12.8 Å². The van der Waals surface area contributed by atoms with Crippen LogP contribution in [0.4, 0.5) is 13.2 Å². The van der Waals surface area contributed by atoms with Gasteiger partial charge in [0, 0.05) is 6.04 Å². The Hall–Kier alpha value is -0.780. The highest BCUT2D eigenvalue weighted by atomic mass is 19.4. The standard InChI is InChI=1S/C7H12F3N3/c8-7(9,10)4-13(3-6(11)12)5-1-2-5/h5H,1-4H2,(H3,11,12). The van der Waals surface area contributed by atoms with Crippen LogP contribution < -0.4 is 5.73 Å². The first-order chi connectivity index (χ1) is 5.88. The van der Waals surface area contributed by atoms with Crippen LogP contribution in [0.25, 0.3) is 0 Å². The zero-order chi connectivity index (χ0) is 10.1. The summed E-state index contributed by atoms with van der Waals surface area (Å²) in [5.41, 5.74) is 5.05. The van der Waals surface area contributed by atoms with Crippen molar-refractivity contribution in [2.75, 3.05) is 13.1 Å². The zero-order valence-corrected chi connectivity index (χ0v) is 7.06. The second kappa shape index (κ2) is 3.53. The molecule has 0 aromatic carbocycles. The van der Waals surface area contributed by atoms with Gasteiger partial charge in [-0.1, -0.05) is 0 Å². The molecule has 0 aromatic heterocycles. The maximum atomic E-state index is 12.0. The molecule has 0 saturated heterocycles. The first kappa shape index (κ1) is 10.3. The quantitative estimate of drug-likeness (QED) is 0.518. The fourth-order valence-corrected chi connectivity index (χ4v) is 1.20. The summed E-state index contributed by atoms with van der Waals surface area (Å²) in [6.45, 7) is -1.04. The van der Waals surface area contributed by atoms with E-state index in [1.165, 1.54) is 4.90 Å². The van der Waals surface area contributed by atoms with Crippen LogP contribution in [0, 0.1) is 5.41 Å². The fraction of sp³-hybridized carbons (Fsp3) is 0.857. The molecule has 0 aromatic rings. The smallest absolute Gasteiger partial charge is 0.387 e. The molecule has 1 saturated carbocycles. The number of hydrogen-bond acceptors (Lipinski definition) is 2. The maximum Gasteiger partial charge on any atom is 0.401 e. The molecular formula is C7H12F3N3. The maximum absolute atomic E-state index is 12.0. The fourth-order valence-electron chi connectivity index (χ4n) is 1.20. The van der Waals surface area contributed by atoms with Gasteiger partial charge in [-0.2, -0.15) is 13.2 Å². The molecule has 13 heavy (non-hydrogen) atoms. The number of alkyl halides is 3. The lowest BCUT2D eigenvalue weighted by Crippen LogP contribution is -2.41. The molecule has 3 N–H and O–H groups in total. The number of hydrogen-bond donors (Lipinski definition) is 2. The summed E-state index contributed by atoms with van der Waals surface area (Å²) in [6.07, 6.45) is -2.63. The van der Waals surface area contributed by atoms with Crippen LogP contribution in [0.1, 0.15) is 12.8 Å². The van der Waals surface area contributed by atoms with Gasteiger partial charge in [0.2, 0.25) is 0 Å². The minimum absolute atomic E-state index is 0.0227. The van der Waals surface area contributed by atoms with Gasteiger partial charge in [0.1, 0.15) is 5.84 Å². The topological polar surface area (TPSA) is 53.1 Å². The summed E-state index contributed by atoms with van der Waals surface area (Å²) in [6, 6.07) is -0.0227. The van der Waals surface area contributed by atoms with E-state index in [4.69, 9.17) is 11.1 Å². The van der Waals surface area contributed by atoms with Crippen molar-refractivity contribution in [3.63, 3.8) is 0 Å². The highest BCUT2D eigenvalue weighted by Gasteiger charge is 2.37. The molecule has 0 heterocycles. The van der Waals surface area contributed by atoms with Gasteiger partial charge < -0.3 is 5.73 Å². The van der Waals surface area contributed by atoms with Crippen molar-refractivity contribution in [2.24, 2.45) is 5.73 Å². The van der Waals surface area contributed by atoms with Crippen molar-refractivity contribution >= 4 is 5.84 Å². The summed E-state index contributed by atoms with van der Waals surface area (Å²) in [5, 5.41) is 6.92. The van der Waals surface area contributed by atoms with Crippen molar-refractivity contribution in [1.29, 1.82) is 5.41 Å². The minimum Gasteiger partial charge on any atom is -0.387 e. The molecule has 0 radical (unpaired) electrons. The SMILES string of the molecule is N=C(N)CN(CC(F)(F)F)C1CC1. The van der Waals surface area contributed by atoms with Crippen LogP contribution in [0.15, 0.2) is 0 Å². The molecule has 6 heteroatoms. The van der Waals surface area contributed by atoms with Crippen molar-refractivity contribution in [1.82, 2.24) is 4.90 Å². The molecule has 1 aliphatic carbocycles. The lowest BCUT2D eigenvalue weighted by Gasteiger charge is -2.22. The lowest BCUT2D eigenvalue weighted by atomic mass is 10.4. The first-order valence-electron chi connectivity index (χ1n) is 4.02. The number of halogens is 3. The number of nitrogens with one attached hydrogen (secondary N) is 1. The van der Waals surface area contributed by atoms with E-state index in [1.807, 2.05) is 0 Å². The second-order valence-corrected chi connectivity index (χ2v) is 3.28. The predicted octanol–water partition coefficient (Wildman–Crippen LogP) is 0.949. The third-order valence-corrected chi connectivity index (χ3v) is 1.82. The van der Waals surface area contributed by atoms with E-state index in [1.54, 1.807) is 0 Å². The Kier molecular flexibility index (Phi) is 2.80. The van der Waals surface area contributed by atoms with Gasteiger partial charge in [0.15, 0.2) is 0 Å². The number of rotatable bonds is 4. The van der Waals surface area contributed by atoms with Gasteiger partial charge in [0.25, 0.3) is 0 Å². The molecule has 0 bridgehead atoms.